The van der Waals surface area contributed by atoms with Gasteiger partial charge in [0.05, 0.1) is 12.2 Å². The van der Waals surface area contributed by atoms with Gasteiger partial charge in [0.1, 0.15) is 18.0 Å². The second-order valence-corrected chi connectivity index (χ2v) is 3.80. The zero-order chi connectivity index (χ0) is 14.4. The molecule has 0 saturated heterocycles. The lowest BCUT2D eigenvalue weighted by atomic mass is 10.0. The molecule has 1 rings (SSSR count). The van der Waals surface area contributed by atoms with E-state index in [1.165, 1.54) is 0 Å². The number of halogens is 1. The van der Waals surface area contributed by atoms with Crippen molar-refractivity contribution in [1.29, 1.82) is 0 Å². The molecule has 0 aliphatic heterocycles. The van der Waals surface area contributed by atoms with Crippen LogP contribution in [-0.2, 0) is 20.7 Å². The van der Waals surface area contributed by atoms with E-state index in [-0.39, 0.29) is 24.2 Å². The Balaban J connectivity index is 2.81. The number of hydrogen-bond acceptors (Lipinski definition) is 4. The fourth-order valence-corrected chi connectivity index (χ4v) is 1.57. The molecule has 0 unspecified atom stereocenters. The van der Waals surface area contributed by atoms with Gasteiger partial charge in [0.25, 0.3) is 0 Å². The van der Waals surface area contributed by atoms with Crippen LogP contribution in [0.4, 0.5) is 4.39 Å². The SMILES string of the molecule is CCOC(=O)CC(=O)Cc1cc(F)ccc1C(=O)O. The average Bonchev–Trinajstić information content (AvgIpc) is 2.28. The number of esters is 1. The van der Waals surface area contributed by atoms with Crippen molar-refractivity contribution in [1.82, 2.24) is 0 Å². The van der Waals surface area contributed by atoms with E-state index < -0.39 is 30.0 Å². The Bertz CT molecular complexity index is 510. The van der Waals surface area contributed by atoms with E-state index in [0.29, 0.717) is 0 Å². The first-order chi connectivity index (χ1) is 8.93. The first kappa shape index (κ1) is 14.8. The molecule has 0 spiro atoms. The molecule has 0 aromatic heterocycles. The van der Waals surface area contributed by atoms with Crippen LogP contribution in [0.5, 0.6) is 0 Å². The third-order valence-corrected chi connectivity index (χ3v) is 2.33. The van der Waals surface area contributed by atoms with Gasteiger partial charge in [0.15, 0.2) is 0 Å². The van der Waals surface area contributed by atoms with Gasteiger partial charge in [-0.3, -0.25) is 9.59 Å². The van der Waals surface area contributed by atoms with Crippen LogP contribution < -0.4 is 0 Å². The van der Waals surface area contributed by atoms with Gasteiger partial charge in [0, 0.05) is 6.42 Å². The highest BCUT2D eigenvalue weighted by Crippen LogP contribution is 2.13. The molecule has 1 aromatic rings. The Morgan fingerprint density at radius 2 is 2.00 bits per heavy atom. The van der Waals surface area contributed by atoms with E-state index >= 15 is 0 Å². The van der Waals surface area contributed by atoms with Crippen LogP contribution in [0.15, 0.2) is 18.2 Å². The summed E-state index contributed by atoms with van der Waals surface area (Å²) in [6.45, 7) is 1.77. The van der Waals surface area contributed by atoms with Crippen LogP contribution in [0.2, 0.25) is 0 Å². The Labute approximate surface area is 109 Å². The second kappa shape index (κ2) is 6.63. The van der Waals surface area contributed by atoms with E-state index in [0.717, 1.165) is 18.2 Å². The maximum atomic E-state index is 13.0. The lowest BCUT2D eigenvalue weighted by molar-refractivity contribution is -0.145. The number of carboxylic acids is 1. The predicted octanol–water partition coefficient (Wildman–Crippen LogP) is 1.59. The minimum atomic E-state index is -1.25. The van der Waals surface area contributed by atoms with Crippen molar-refractivity contribution in [2.45, 2.75) is 19.8 Å². The van der Waals surface area contributed by atoms with Gasteiger partial charge in [-0.15, -0.1) is 0 Å². The zero-order valence-electron chi connectivity index (χ0n) is 10.3. The molecule has 5 nitrogen and oxygen atoms in total. The maximum absolute atomic E-state index is 13.0. The predicted molar refractivity (Wildman–Crippen MR) is 63.3 cm³/mol. The van der Waals surface area contributed by atoms with Crippen molar-refractivity contribution < 1.29 is 28.6 Å². The minimum Gasteiger partial charge on any atom is -0.478 e. The molecule has 0 aliphatic carbocycles. The Morgan fingerprint density at radius 3 is 2.58 bits per heavy atom. The van der Waals surface area contributed by atoms with Gasteiger partial charge < -0.3 is 9.84 Å². The highest BCUT2D eigenvalue weighted by atomic mass is 19.1. The van der Waals surface area contributed by atoms with E-state index in [2.05, 4.69) is 4.74 Å². The molecule has 0 atom stereocenters. The van der Waals surface area contributed by atoms with Gasteiger partial charge in [-0.25, -0.2) is 9.18 Å². The summed E-state index contributed by atoms with van der Waals surface area (Å²) in [6.07, 6.45) is -0.776. The van der Waals surface area contributed by atoms with Crippen LogP contribution in [0.25, 0.3) is 0 Å². The van der Waals surface area contributed by atoms with Crippen molar-refractivity contribution in [3.8, 4) is 0 Å². The Kier molecular flexibility index (Phi) is 5.17. The summed E-state index contributed by atoms with van der Waals surface area (Å²) in [5.74, 6) is -3.09. The largest absolute Gasteiger partial charge is 0.478 e. The van der Waals surface area contributed by atoms with Gasteiger partial charge >= 0.3 is 11.9 Å². The molecule has 1 aromatic carbocycles. The number of ether oxygens (including phenoxy) is 1. The number of ketones is 1. The fourth-order valence-electron chi connectivity index (χ4n) is 1.57. The number of aromatic carboxylic acids is 1. The van der Waals surface area contributed by atoms with E-state index in [4.69, 9.17) is 5.11 Å². The lowest BCUT2D eigenvalue weighted by Crippen LogP contribution is -2.15. The molecule has 0 fully saturated rings. The number of carbonyl (C=O) groups excluding carboxylic acids is 2. The summed E-state index contributed by atoms with van der Waals surface area (Å²) in [7, 11) is 0. The summed E-state index contributed by atoms with van der Waals surface area (Å²) < 4.78 is 17.6. The van der Waals surface area contributed by atoms with Gasteiger partial charge in [-0.2, -0.15) is 0 Å². The van der Waals surface area contributed by atoms with Crippen molar-refractivity contribution in [2.24, 2.45) is 0 Å². The molecular formula is C13H13FO5. The number of hydrogen-bond donors (Lipinski definition) is 1. The molecule has 0 aliphatic rings. The fraction of sp³-hybridized carbons (Fsp3) is 0.308. The molecule has 0 radical (unpaired) electrons. The van der Waals surface area contributed by atoms with Crippen LogP contribution in [0, 0.1) is 5.82 Å². The molecule has 19 heavy (non-hydrogen) atoms. The summed E-state index contributed by atoms with van der Waals surface area (Å²) in [4.78, 5) is 33.6. The van der Waals surface area contributed by atoms with Crippen molar-refractivity contribution in [3.63, 3.8) is 0 Å². The number of carbonyl (C=O) groups is 3. The number of carboxylic acid groups (broad SMARTS) is 1. The third-order valence-electron chi connectivity index (χ3n) is 2.33. The number of Topliss-reactive ketones (excluding diaryl/α,β-unsaturated/α-hetero) is 1. The molecule has 6 heteroatoms. The number of benzene rings is 1. The van der Waals surface area contributed by atoms with Gasteiger partial charge in [-0.1, -0.05) is 0 Å². The molecule has 0 bridgehead atoms. The zero-order valence-corrected chi connectivity index (χ0v) is 10.3. The summed E-state index contributed by atoms with van der Waals surface area (Å²) >= 11 is 0. The third kappa shape index (κ3) is 4.50. The first-order valence-electron chi connectivity index (χ1n) is 5.63. The van der Waals surface area contributed by atoms with Crippen molar-refractivity contribution in [2.75, 3.05) is 6.61 Å². The topological polar surface area (TPSA) is 80.7 Å². The van der Waals surface area contributed by atoms with Gasteiger partial charge in [0.2, 0.25) is 0 Å². The van der Waals surface area contributed by atoms with Crippen LogP contribution in [0.3, 0.4) is 0 Å². The quantitative estimate of drug-likeness (QED) is 0.626. The molecule has 1 N–H and O–H groups in total. The van der Waals surface area contributed by atoms with Crippen LogP contribution in [-0.4, -0.2) is 29.4 Å². The summed E-state index contributed by atoms with van der Waals surface area (Å²) in [5.41, 5.74) is -0.111. The van der Waals surface area contributed by atoms with E-state index in [1.807, 2.05) is 0 Å². The van der Waals surface area contributed by atoms with Crippen LogP contribution >= 0.6 is 0 Å². The first-order valence-corrected chi connectivity index (χ1v) is 5.63. The summed E-state index contributed by atoms with van der Waals surface area (Å²) in [6, 6.07) is 3.07. The van der Waals surface area contributed by atoms with E-state index in [1.54, 1.807) is 6.92 Å². The molecule has 0 heterocycles. The van der Waals surface area contributed by atoms with Gasteiger partial charge in [-0.05, 0) is 30.7 Å². The number of rotatable bonds is 6. The standard InChI is InChI=1S/C13H13FO5/c1-2-19-12(16)7-10(15)6-8-5-9(14)3-4-11(8)13(17)18/h3-5H,2,6-7H2,1H3,(H,17,18). The van der Waals surface area contributed by atoms with Crippen molar-refractivity contribution in [3.05, 3.63) is 35.1 Å². The molecule has 0 amide bonds. The average molecular weight is 268 g/mol. The molecule has 0 saturated carbocycles. The molecule has 102 valence electrons. The van der Waals surface area contributed by atoms with Crippen LogP contribution in [0.1, 0.15) is 29.3 Å². The highest BCUT2D eigenvalue weighted by molar-refractivity contribution is 5.98. The highest BCUT2D eigenvalue weighted by Gasteiger charge is 2.16. The summed E-state index contributed by atoms with van der Waals surface area (Å²) in [5, 5.41) is 8.91. The maximum Gasteiger partial charge on any atom is 0.335 e. The molecular weight excluding hydrogens is 255 g/mol. The minimum absolute atomic E-state index is 0.0433. The smallest absolute Gasteiger partial charge is 0.335 e. The Hall–Kier alpha value is -2.24. The second-order valence-electron chi connectivity index (χ2n) is 3.80. The lowest BCUT2D eigenvalue weighted by Gasteiger charge is -2.05. The van der Waals surface area contributed by atoms with E-state index in [9.17, 15) is 18.8 Å². The monoisotopic (exact) mass is 268 g/mol. The van der Waals surface area contributed by atoms with Crippen molar-refractivity contribution >= 4 is 17.7 Å². The normalized spacial score (nSPS) is 10.0. The Morgan fingerprint density at radius 1 is 1.32 bits per heavy atom.